The Hall–Kier alpha value is -2.34. The van der Waals surface area contributed by atoms with Crippen LogP contribution >= 0.6 is 0 Å². The van der Waals surface area contributed by atoms with Crippen LogP contribution in [0.5, 0.6) is 5.75 Å². The van der Waals surface area contributed by atoms with E-state index in [0.29, 0.717) is 0 Å². The molecule has 1 nitrogen and oxygen atoms in total. The number of hydrogen-bond acceptors (Lipinski definition) is 1. The van der Waals surface area contributed by atoms with Crippen LogP contribution in [-0.4, -0.2) is 6.61 Å². The lowest BCUT2D eigenvalue weighted by Gasteiger charge is -2.03. The molecule has 0 saturated heterocycles. The van der Waals surface area contributed by atoms with Crippen molar-refractivity contribution in [2.75, 3.05) is 0 Å². The Bertz CT molecular complexity index is 637. The highest BCUT2D eigenvalue weighted by Crippen LogP contribution is 2.14. The van der Waals surface area contributed by atoms with Gasteiger partial charge in [0.25, 0.3) is 0 Å². The molecule has 0 atom stereocenters. The minimum atomic E-state index is -2.80. The number of benzene rings is 2. The molecule has 0 N–H and O–H groups in total. The topological polar surface area (TPSA) is 9.23 Å². The van der Waals surface area contributed by atoms with E-state index in [1.807, 2.05) is 26.0 Å². The molecule has 2 aromatic rings. The number of aryl methyl sites for hydroxylation is 1. The quantitative estimate of drug-likeness (QED) is 0.661. The molecule has 2 rings (SSSR count). The van der Waals surface area contributed by atoms with Crippen LogP contribution in [-0.2, 0) is 6.42 Å². The highest BCUT2D eigenvalue weighted by molar-refractivity contribution is 5.45. The van der Waals surface area contributed by atoms with Crippen molar-refractivity contribution in [3.8, 4) is 17.6 Å². The molecule has 0 bridgehead atoms. The monoisotopic (exact) mass is 316 g/mol. The number of rotatable bonds is 4. The Morgan fingerprint density at radius 1 is 0.957 bits per heavy atom. The molecule has 122 valence electrons. The molecule has 0 spiro atoms. The van der Waals surface area contributed by atoms with E-state index in [-0.39, 0.29) is 5.75 Å². The first-order chi connectivity index (χ1) is 11.2. The van der Waals surface area contributed by atoms with Gasteiger partial charge in [-0.3, -0.25) is 0 Å². The molecule has 23 heavy (non-hydrogen) atoms. The van der Waals surface area contributed by atoms with E-state index in [1.165, 1.54) is 17.7 Å². The molecule has 0 saturated carbocycles. The van der Waals surface area contributed by atoms with E-state index in [4.69, 9.17) is 0 Å². The first kappa shape index (κ1) is 18.7. The average molecular weight is 316 g/mol. The first-order valence-corrected chi connectivity index (χ1v) is 7.83. The smallest absolute Gasteiger partial charge is 0.387 e. The predicted molar refractivity (Wildman–Crippen MR) is 90.8 cm³/mol. The first-order valence-electron chi connectivity index (χ1n) is 7.83. The zero-order chi connectivity index (χ0) is 17.1. The van der Waals surface area contributed by atoms with E-state index in [9.17, 15) is 8.78 Å². The molecular formula is C20H22F2O. The third-order valence-electron chi connectivity index (χ3n) is 2.90. The Morgan fingerprint density at radius 3 is 2.22 bits per heavy atom. The van der Waals surface area contributed by atoms with Crippen LogP contribution in [0.25, 0.3) is 0 Å². The van der Waals surface area contributed by atoms with E-state index < -0.39 is 6.61 Å². The molecule has 0 aliphatic rings. The maximum absolute atomic E-state index is 12.0. The molecule has 0 heterocycles. The average Bonchev–Trinajstić information content (AvgIpc) is 2.56. The summed E-state index contributed by atoms with van der Waals surface area (Å²) in [6, 6.07) is 14.4. The van der Waals surface area contributed by atoms with Gasteiger partial charge in [0.1, 0.15) is 5.75 Å². The van der Waals surface area contributed by atoms with Gasteiger partial charge in [-0.25, -0.2) is 0 Å². The van der Waals surface area contributed by atoms with Crippen molar-refractivity contribution in [3.05, 3.63) is 65.2 Å². The lowest BCUT2D eigenvalue weighted by atomic mass is 10.1. The van der Waals surface area contributed by atoms with Crippen LogP contribution < -0.4 is 4.74 Å². The highest BCUT2D eigenvalue weighted by atomic mass is 19.3. The van der Waals surface area contributed by atoms with Crippen molar-refractivity contribution in [2.45, 2.75) is 40.2 Å². The van der Waals surface area contributed by atoms with Gasteiger partial charge in [-0.05, 0) is 48.4 Å². The maximum atomic E-state index is 12.0. The summed E-state index contributed by atoms with van der Waals surface area (Å²) >= 11 is 0. The molecular weight excluding hydrogens is 294 g/mol. The summed E-state index contributed by atoms with van der Waals surface area (Å²) in [5, 5.41) is 0. The van der Waals surface area contributed by atoms with Crippen molar-refractivity contribution in [3.63, 3.8) is 0 Å². The largest absolute Gasteiger partial charge is 0.435 e. The summed E-state index contributed by atoms with van der Waals surface area (Å²) < 4.78 is 28.4. The molecule has 3 heteroatoms. The van der Waals surface area contributed by atoms with Gasteiger partial charge in [-0.1, -0.05) is 51.2 Å². The van der Waals surface area contributed by atoms with Gasteiger partial charge in [0.2, 0.25) is 0 Å². The summed E-state index contributed by atoms with van der Waals surface area (Å²) in [4.78, 5) is 0. The summed E-state index contributed by atoms with van der Waals surface area (Å²) in [7, 11) is 0. The van der Waals surface area contributed by atoms with Gasteiger partial charge in [-0.2, -0.15) is 8.78 Å². The summed E-state index contributed by atoms with van der Waals surface area (Å²) in [5.41, 5.74) is 2.98. The van der Waals surface area contributed by atoms with Crippen LogP contribution in [0.2, 0.25) is 0 Å². The van der Waals surface area contributed by atoms with Crippen LogP contribution in [0.15, 0.2) is 48.5 Å². The van der Waals surface area contributed by atoms with Gasteiger partial charge in [0, 0.05) is 11.1 Å². The minimum absolute atomic E-state index is 0.139. The molecule has 0 fully saturated rings. The van der Waals surface area contributed by atoms with Crippen LogP contribution in [0.1, 0.15) is 43.9 Å². The predicted octanol–water partition coefficient (Wildman–Crippen LogP) is 5.67. The van der Waals surface area contributed by atoms with Crippen molar-refractivity contribution < 1.29 is 13.5 Å². The Balaban J connectivity index is 0.00000127. The van der Waals surface area contributed by atoms with Crippen molar-refractivity contribution in [1.29, 1.82) is 0 Å². The number of ether oxygens (including phenoxy) is 1. The molecule has 2 aromatic carbocycles. The van der Waals surface area contributed by atoms with Crippen LogP contribution in [0.4, 0.5) is 8.78 Å². The Morgan fingerprint density at radius 2 is 1.61 bits per heavy atom. The normalized spacial score (nSPS) is 9.48. The highest BCUT2D eigenvalue weighted by Gasteiger charge is 2.02. The van der Waals surface area contributed by atoms with Gasteiger partial charge in [-0.15, -0.1) is 0 Å². The third-order valence-corrected chi connectivity index (χ3v) is 2.90. The number of alkyl halides is 2. The van der Waals surface area contributed by atoms with E-state index >= 15 is 0 Å². The molecule has 0 radical (unpaired) electrons. The summed E-state index contributed by atoms with van der Waals surface area (Å²) in [6.45, 7) is 3.34. The molecule has 0 unspecified atom stereocenters. The van der Waals surface area contributed by atoms with Crippen molar-refractivity contribution in [2.24, 2.45) is 0 Å². The summed E-state index contributed by atoms with van der Waals surface area (Å²) in [6.07, 6.45) is 2.14. The van der Waals surface area contributed by atoms with E-state index in [0.717, 1.165) is 24.0 Å². The van der Waals surface area contributed by atoms with Gasteiger partial charge >= 0.3 is 6.61 Å². The third kappa shape index (κ3) is 6.97. The number of hydrogen-bond donors (Lipinski definition) is 0. The molecule has 0 aliphatic carbocycles. The van der Waals surface area contributed by atoms with E-state index in [2.05, 4.69) is 35.6 Å². The SMILES string of the molecule is CC.CCCc1cccc(C#Cc2ccc(OC(F)F)cc2)c1. The van der Waals surface area contributed by atoms with Crippen LogP contribution in [0, 0.1) is 11.8 Å². The second-order valence-electron chi connectivity index (χ2n) is 4.60. The minimum Gasteiger partial charge on any atom is -0.435 e. The molecule has 0 aromatic heterocycles. The lowest BCUT2D eigenvalue weighted by molar-refractivity contribution is -0.0498. The van der Waals surface area contributed by atoms with Crippen LogP contribution in [0.3, 0.4) is 0 Å². The van der Waals surface area contributed by atoms with E-state index in [1.54, 1.807) is 12.1 Å². The molecule has 0 amide bonds. The second-order valence-corrected chi connectivity index (χ2v) is 4.60. The fourth-order valence-corrected chi connectivity index (χ4v) is 1.96. The van der Waals surface area contributed by atoms with Gasteiger partial charge < -0.3 is 4.74 Å². The van der Waals surface area contributed by atoms with Crippen molar-refractivity contribution >= 4 is 0 Å². The van der Waals surface area contributed by atoms with Crippen molar-refractivity contribution in [1.82, 2.24) is 0 Å². The molecule has 0 aliphatic heterocycles. The van der Waals surface area contributed by atoms with Gasteiger partial charge in [0.15, 0.2) is 0 Å². The number of halogens is 2. The van der Waals surface area contributed by atoms with Gasteiger partial charge in [0.05, 0.1) is 0 Å². The standard InChI is InChI=1S/C18H16F2O.C2H6/c1-2-4-15-5-3-6-16(13-15)8-7-14-9-11-17(12-10-14)21-18(19)20;1-2/h3,5-6,9-13,18H,2,4H2,1H3;1-2H3. The maximum Gasteiger partial charge on any atom is 0.387 e. The lowest BCUT2D eigenvalue weighted by Crippen LogP contribution is -2.01. The second kappa shape index (κ2) is 10.4. The fraction of sp³-hybridized carbons (Fsp3) is 0.300. The zero-order valence-corrected chi connectivity index (χ0v) is 13.8. The Kier molecular flexibility index (Phi) is 8.46. The fourth-order valence-electron chi connectivity index (χ4n) is 1.96. The zero-order valence-electron chi connectivity index (χ0n) is 13.8. The Labute approximate surface area is 137 Å². The summed E-state index contributed by atoms with van der Waals surface area (Å²) in [5.74, 6) is 6.24.